The summed E-state index contributed by atoms with van der Waals surface area (Å²) in [6, 6.07) is 6.11. The highest BCUT2D eigenvalue weighted by molar-refractivity contribution is 5.80. The fraction of sp³-hybridized carbons (Fsp3) is 0.476. The highest BCUT2D eigenvalue weighted by Gasteiger charge is 2.59. The number of aryl methyl sites for hydroxylation is 1. The average molecular weight is 385 g/mol. The maximum absolute atomic E-state index is 13.2. The third kappa shape index (κ3) is 3.19. The zero-order valence-electron chi connectivity index (χ0n) is 16.1. The lowest BCUT2D eigenvalue weighted by Gasteiger charge is -2.32. The third-order valence-corrected chi connectivity index (χ3v) is 6.44. The number of hydrogen-bond acceptors (Lipinski definition) is 3. The molecule has 2 fully saturated rings. The van der Waals surface area contributed by atoms with Crippen molar-refractivity contribution in [1.29, 1.82) is 0 Å². The van der Waals surface area contributed by atoms with Crippen LogP contribution in [0.1, 0.15) is 36.2 Å². The number of halogens is 1. The van der Waals surface area contributed by atoms with Crippen LogP contribution in [0.15, 0.2) is 24.3 Å². The Balaban J connectivity index is 1.44. The molecule has 1 saturated heterocycles. The molecule has 28 heavy (non-hydrogen) atoms. The average Bonchev–Trinajstić information content (AvgIpc) is 3.31. The second kappa shape index (κ2) is 6.72. The van der Waals surface area contributed by atoms with E-state index < -0.39 is 5.97 Å². The van der Waals surface area contributed by atoms with Crippen molar-refractivity contribution in [3.05, 3.63) is 47.0 Å². The summed E-state index contributed by atoms with van der Waals surface area (Å²) in [5.74, 6) is -1.20. The summed E-state index contributed by atoms with van der Waals surface area (Å²) in [7, 11) is 0. The number of likely N-dealkylation sites (tertiary alicyclic amines) is 1. The van der Waals surface area contributed by atoms with Gasteiger partial charge in [0.2, 0.25) is 5.91 Å². The molecule has 2 aliphatic rings. The van der Waals surface area contributed by atoms with Gasteiger partial charge in [0.1, 0.15) is 5.82 Å². The summed E-state index contributed by atoms with van der Waals surface area (Å²) in [6.07, 6.45) is 2.55. The van der Waals surface area contributed by atoms with Crippen molar-refractivity contribution < 1.29 is 19.1 Å². The third-order valence-electron chi connectivity index (χ3n) is 6.44. The Morgan fingerprint density at radius 2 is 1.86 bits per heavy atom. The number of aliphatic carboxylic acids is 1. The van der Waals surface area contributed by atoms with Gasteiger partial charge in [0, 0.05) is 24.3 Å². The van der Waals surface area contributed by atoms with E-state index >= 15 is 0 Å². The van der Waals surface area contributed by atoms with Gasteiger partial charge in [-0.3, -0.25) is 9.59 Å². The van der Waals surface area contributed by atoms with E-state index in [0.717, 1.165) is 41.9 Å². The topological polar surface area (TPSA) is 75.4 Å². The van der Waals surface area contributed by atoms with Gasteiger partial charge in [0.25, 0.3) is 0 Å². The van der Waals surface area contributed by atoms with Gasteiger partial charge in [0.15, 0.2) is 0 Å². The number of hydrogen-bond donors (Lipinski definition) is 1. The summed E-state index contributed by atoms with van der Waals surface area (Å²) < 4.78 is 14.9. The van der Waals surface area contributed by atoms with E-state index in [0.29, 0.717) is 13.1 Å². The minimum atomic E-state index is -0.709. The second-order valence-electron chi connectivity index (χ2n) is 8.05. The molecule has 4 rings (SSSR count). The van der Waals surface area contributed by atoms with Gasteiger partial charge in [-0.05, 0) is 62.8 Å². The molecule has 0 bridgehead atoms. The van der Waals surface area contributed by atoms with Crippen molar-refractivity contribution in [3.63, 3.8) is 0 Å². The summed E-state index contributed by atoms with van der Waals surface area (Å²) in [6.45, 7) is 5.03. The van der Waals surface area contributed by atoms with E-state index in [1.807, 2.05) is 18.7 Å². The Morgan fingerprint density at radius 1 is 1.21 bits per heavy atom. The first-order valence-electron chi connectivity index (χ1n) is 9.62. The fourth-order valence-corrected chi connectivity index (χ4v) is 4.48. The molecular formula is C21H24FN3O3. The summed E-state index contributed by atoms with van der Waals surface area (Å²) >= 11 is 0. The largest absolute Gasteiger partial charge is 0.481 e. The number of benzene rings is 1. The van der Waals surface area contributed by atoms with Crippen LogP contribution in [-0.2, 0) is 16.0 Å². The molecule has 2 heterocycles. The monoisotopic (exact) mass is 385 g/mol. The second-order valence-corrected chi connectivity index (χ2v) is 8.05. The normalized spacial score (nSPS) is 20.4. The Bertz CT molecular complexity index is 927. The van der Waals surface area contributed by atoms with Gasteiger partial charge in [-0.15, -0.1) is 0 Å². The molecule has 7 heteroatoms. The molecule has 1 spiro atoms. The van der Waals surface area contributed by atoms with Crippen LogP contribution < -0.4 is 0 Å². The molecule has 2 aromatic rings. The van der Waals surface area contributed by atoms with Crippen LogP contribution in [0.5, 0.6) is 0 Å². The minimum absolute atomic E-state index is 0.0484. The predicted molar refractivity (Wildman–Crippen MR) is 101 cm³/mol. The Hall–Kier alpha value is -2.70. The van der Waals surface area contributed by atoms with Gasteiger partial charge < -0.3 is 10.0 Å². The predicted octanol–water partition coefficient (Wildman–Crippen LogP) is 2.88. The highest BCUT2D eigenvalue weighted by Crippen LogP contribution is 2.59. The molecule has 1 aliphatic carbocycles. The first kappa shape index (κ1) is 18.7. The maximum Gasteiger partial charge on any atom is 0.307 e. The van der Waals surface area contributed by atoms with Gasteiger partial charge in [0.05, 0.1) is 23.7 Å². The Kier molecular flexibility index (Phi) is 4.48. The molecule has 1 aromatic heterocycles. The molecule has 1 aliphatic heterocycles. The zero-order chi connectivity index (χ0) is 20.1. The lowest BCUT2D eigenvalue weighted by molar-refractivity contribution is -0.139. The van der Waals surface area contributed by atoms with Crippen LogP contribution in [-0.4, -0.2) is 44.8 Å². The lowest BCUT2D eigenvalue weighted by atomic mass is 9.90. The smallest absolute Gasteiger partial charge is 0.307 e. The number of rotatable bonds is 4. The number of piperidine rings is 1. The minimum Gasteiger partial charge on any atom is -0.481 e. The van der Waals surface area contributed by atoms with Crippen molar-refractivity contribution in [3.8, 4) is 5.69 Å². The molecule has 1 unspecified atom stereocenters. The number of aromatic nitrogens is 2. The van der Waals surface area contributed by atoms with E-state index in [4.69, 9.17) is 0 Å². The first-order valence-corrected chi connectivity index (χ1v) is 9.62. The number of carbonyl (C=O) groups is 2. The van der Waals surface area contributed by atoms with E-state index in [1.165, 1.54) is 12.1 Å². The van der Waals surface area contributed by atoms with Gasteiger partial charge >= 0.3 is 5.97 Å². The van der Waals surface area contributed by atoms with E-state index in [9.17, 15) is 19.1 Å². The standard InChI is InChI=1S/C21H24FN3O3/c1-13-17(14(2)25(23-13)16-5-3-15(22)4-6-16)11-19(26)24-9-7-21(8-10-24)12-18(21)20(27)28/h3-6,18H,7-12H2,1-2H3,(H,27,28). The molecular weight excluding hydrogens is 361 g/mol. The van der Waals surface area contributed by atoms with Crippen LogP contribution in [0, 0.1) is 31.0 Å². The number of nitrogens with zero attached hydrogens (tertiary/aromatic N) is 3. The molecule has 148 valence electrons. The van der Waals surface area contributed by atoms with Gasteiger partial charge in [-0.25, -0.2) is 9.07 Å². The molecule has 6 nitrogen and oxygen atoms in total. The van der Waals surface area contributed by atoms with Crippen LogP contribution in [0.2, 0.25) is 0 Å². The van der Waals surface area contributed by atoms with Crippen molar-refractivity contribution in [2.75, 3.05) is 13.1 Å². The summed E-state index contributed by atoms with van der Waals surface area (Å²) in [5, 5.41) is 13.7. The maximum atomic E-state index is 13.2. The Morgan fingerprint density at radius 3 is 2.43 bits per heavy atom. The number of amides is 1. The molecule has 1 atom stereocenters. The lowest BCUT2D eigenvalue weighted by Crippen LogP contribution is -2.40. The van der Waals surface area contributed by atoms with Crippen LogP contribution >= 0.6 is 0 Å². The fourth-order valence-electron chi connectivity index (χ4n) is 4.48. The van der Waals surface area contributed by atoms with Crippen molar-refractivity contribution in [2.45, 2.75) is 39.5 Å². The quantitative estimate of drug-likeness (QED) is 0.878. The molecule has 1 N–H and O–H groups in total. The molecule has 0 radical (unpaired) electrons. The van der Waals surface area contributed by atoms with E-state index in [2.05, 4.69) is 5.10 Å². The summed E-state index contributed by atoms with van der Waals surface area (Å²) in [5.41, 5.74) is 3.23. The van der Waals surface area contributed by atoms with Crippen molar-refractivity contribution >= 4 is 11.9 Å². The van der Waals surface area contributed by atoms with Crippen LogP contribution in [0.4, 0.5) is 4.39 Å². The number of carboxylic acid groups (broad SMARTS) is 1. The van der Waals surface area contributed by atoms with Crippen molar-refractivity contribution in [2.24, 2.45) is 11.3 Å². The number of carbonyl (C=O) groups excluding carboxylic acids is 1. The van der Waals surface area contributed by atoms with Crippen molar-refractivity contribution in [1.82, 2.24) is 14.7 Å². The van der Waals surface area contributed by atoms with Crippen LogP contribution in [0.3, 0.4) is 0 Å². The first-order chi connectivity index (χ1) is 13.3. The highest BCUT2D eigenvalue weighted by atomic mass is 19.1. The molecule has 1 amide bonds. The zero-order valence-corrected chi connectivity index (χ0v) is 16.1. The van der Waals surface area contributed by atoms with Gasteiger partial charge in [-0.1, -0.05) is 0 Å². The van der Waals surface area contributed by atoms with Gasteiger partial charge in [-0.2, -0.15) is 5.10 Å². The number of carboxylic acids is 1. The Labute approximate surface area is 163 Å². The molecule has 1 aromatic carbocycles. The SMILES string of the molecule is Cc1nn(-c2ccc(F)cc2)c(C)c1CC(=O)N1CCC2(CC1)CC2C(=O)O. The summed E-state index contributed by atoms with van der Waals surface area (Å²) in [4.78, 5) is 25.9. The van der Waals surface area contributed by atoms with E-state index in [-0.39, 0.29) is 29.5 Å². The van der Waals surface area contributed by atoms with E-state index in [1.54, 1.807) is 16.8 Å². The van der Waals surface area contributed by atoms with Crippen LogP contribution in [0.25, 0.3) is 5.69 Å². The molecule has 1 saturated carbocycles.